The van der Waals surface area contributed by atoms with Crippen LogP contribution in [-0.2, 0) is 4.74 Å². The number of ether oxygens (including phenoxy) is 2. The number of rotatable bonds is 6. The molecule has 0 heterocycles. The van der Waals surface area contributed by atoms with E-state index >= 15 is 0 Å². The molecule has 120 valence electrons. The standard InChI is InChI=1S/C19H32O2/c1-13(2)17(19(5,6)7)15-9-11-16(12-10-15)21-18(20-8)14(3)4/h9-14,17-18H,1-8H3. The molecule has 1 rings (SSSR count). The van der Waals surface area contributed by atoms with E-state index in [1.54, 1.807) is 7.11 Å². The van der Waals surface area contributed by atoms with Gasteiger partial charge < -0.3 is 9.47 Å². The Labute approximate surface area is 130 Å². The molecule has 0 aromatic heterocycles. The minimum Gasteiger partial charge on any atom is -0.465 e. The van der Waals surface area contributed by atoms with E-state index in [1.165, 1.54) is 5.56 Å². The number of methoxy groups -OCH3 is 1. The molecule has 0 fully saturated rings. The summed E-state index contributed by atoms with van der Waals surface area (Å²) in [5.41, 5.74) is 1.63. The van der Waals surface area contributed by atoms with Crippen molar-refractivity contribution in [3.05, 3.63) is 29.8 Å². The van der Waals surface area contributed by atoms with Crippen LogP contribution in [0.25, 0.3) is 0 Å². The summed E-state index contributed by atoms with van der Waals surface area (Å²) in [6.07, 6.45) is -0.195. The average molecular weight is 292 g/mol. The van der Waals surface area contributed by atoms with E-state index in [0.29, 0.717) is 17.8 Å². The van der Waals surface area contributed by atoms with Gasteiger partial charge in [0.15, 0.2) is 0 Å². The zero-order valence-electron chi connectivity index (χ0n) is 14.9. The fourth-order valence-electron chi connectivity index (χ4n) is 3.23. The number of benzene rings is 1. The van der Waals surface area contributed by atoms with E-state index in [9.17, 15) is 0 Å². The first-order valence-electron chi connectivity index (χ1n) is 7.96. The average Bonchev–Trinajstić information content (AvgIpc) is 2.35. The maximum absolute atomic E-state index is 5.88. The van der Waals surface area contributed by atoms with Crippen LogP contribution in [0.5, 0.6) is 5.75 Å². The molecule has 0 saturated heterocycles. The Hall–Kier alpha value is -1.02. The molecule has 0 aliphatic rings. The second-order valence-electron chi connectivity index (χ2n) is 7.62. The molecule has 1 aromatic rings. The second-order valence-corrected chi connectivity index (χ2v) is 7.62. The molecule has 21 heavy (non-hydrogen) atoms. The monoisotopic (exact) mass is 292 g/mol. The fraction of sp³-hybridized carbons (Fsp3) is 0.684. The van der Waals surface area contributed by atoms with E-state index in [4.69, 9.17) is 9.47 Å². The van der Waals surface area contributed by atoms with Crippen molar-refractivity contribution in [1.29, 1.82) is 0 Å². The Morgan fingerprint density at radius 1 is 0.857 bits per heavy atom. The summed E-state index contributed by atoms with van der Waals surface area (Å²) in [5, 5.41) is 0. The van der Waals surface area contributed by atoms with Gasteiger partial charge in [0.1, 0.15) is 5.75 Å². The summed E-state index contributed by atoms with van der Waals surface area (Å²) >= 11 is 0. The highest BCUT2D eigenvalue weighted by Crippen LogP contribution is 2.41. The van der Waals surface area contributed by atoms with Crippen molar-refractivity contribution < 1.29 is 9.47 Å². The summed E-state index contributed by atoms with van der Waals surface area (Å²) in [4.78, 5) is 0. The third-order valence-corrected chi connectivity index (χ3v) is 3.87. The van der Waals surface area contributed by atoms with Gasteiger partial charge in [0.25, 0.3) is 0 Å². The lowest BCUT2D eigenvalue weighted by Gasteiger charge is -2.34. The van der Waals surface area contributed by atoms with E-state index in [0.717, 1.165) is 5.75 Å². The molecule has 2 atom stereocenters. The highest BCUT2D eigenvalue weighted by atomic mass is 16.7. The molecule has 2 nitrogen and oxygen atoms in total. The van der Waals surface area contributed by atoms with Crippen LogP contribution in [0.15, 0.2) is 24.3 Å². The first kappa shape index (κ1) is 18.0. The van der Waals surface area contributed by atoms with Crippen molar-refractivity contribution in [1.82, 2.24) is 0 Å². The van der Waals surface area contributed by atoms with Crippen molar-refractivity contribution in [3.63, 3.8) is 0 Å². The minimum absolute atomic E-state index is 0.195. The number of hydrogen-bond acceptors (Lipinski definition) is 2. The van der Waals surface area contributed by atoms with Crippen LogP contribution in [0, 0.1) is 17.3 Å². The van der Waals surface area contributed by atoms with Crippen molar-refractivity contribution in [2.45, 2.75) is 60.7 Å². The van der Waals surface area contributed by atoms with Gasteiger partial charge in [0, 0.05) is 13.0 Å². The molecule has 0 radical (unpaired) electrons. The molecule has 0 aliphatic carbocycles. The van der Waals surface area contributed by atoms with Crippen LogP contribution in [0.1, 0.15) is 59.9 Å². The smallest absolute Gasteiger partial charge is 0.201 e. The topological polar surface area (TPSA) is 18.5 Å². The fourth-order valence-corrected chi connectivity index (χ4v) is 3.23. The van der Waals surface area contributed by atoms with Crippen LogP contribution >= 0.6 is 0 Å². The predicted molar refractivity (Wildman–Crippen MR) is 89.7 cm³/mol. The first-order chi connectivity index (χ1) is 9.66. The third kappa shape index (κ3) is 5.03. The molecular formula is C19H32O2. The quantitative estimate of drug-likeness (QED) is 0.646. The molecule has 0 saturated carbocycles. The molecule has 0 amide bonds. The minimum atomic E-state index is -0.195. The molecule has 0 N–H and O–H groups in total. The van der Waals surface area contributed by atoms with Crippen LogP contribution < -0.4 is 4.74 Å². The summed E-state index contributed by atoms with van der Waals surface area (Å²) in [6.45, 7) is 15.7. The molecule has 0 bridgehead atoms. The lowest BCUT2D eigenvalue weighted by atomic mass is 9.70. The normalized spacial score (nSPS) is 15.3. The van der Waals surface area contributed by atoms with Gasteiger partial charge in [-0.2, -0.15) is 0 Å². The van der Waals surface area contributed by atoms with Gasteiger partial charge in [-0.05, 0) is 34.9 Å². The zero-order valence-corrected chi connectivity index (χ0v) is 14.9. The van der Waals surface area contributed by atoms with Gasteiger partial charge in [0.2, 0.25) is 6.29 Å². The summed E-state index contributed by atoms with van der Waals surface area (Å²) in [5.74, 6) is 2.34. The van der Waals surface area contributed by atoms with Crippen LogP contribution in [0.4, 0.5) is 0 Å². The maximum atomic E-state index is 5.88. The molecule has 0 spiro atoms. The van der Waals surface area contributed by atoms with E-state index in [1.807, 2.05) is 0 Å². The van der Waals surface area contributed by atoms with Crippen LogP contribution in [-0.4, -0.2) is 13.4 Å². The third-order valence-electron chi connectivity index (χ3n) is 3.87. The largest absolute Gasteiger partial charge is 0.465 e. The van der Waals surface area contributed by atoms with Gasteiger partial charge in [-0.1, -0.05) is 60.6 Å². The second kappa shape index (κ2) is 7.31. The van der Waals surface area contributed by atoms with E-state index < -0.39 is 0 Å². The molecule has 2 unspecified atom stereocenters. The summed E-state index contributed by atoms with van der Waals surface area (Å²) in [7, 11) is 1.69. The Bertz CT molecular complexity index is 412. The highest BCUT2D eigenvalue weighted by Gasteiger charge is 2.28. The van der Waals surface area contributed by atoms with Crippen molar-refractivity contribution in [3.8, 4) is 5.75 Å². The van der Waals surface area contributed by atoms with Crippen LogP contribution in [0.2, 0.25) is 0 Å². The van der Waals surface area contributed by atoms with Gasteiger partial charge in [-0.15, -0.1) is 0 Å². The van der Waals surface area contributed by atoms with Gasteiger partial charge in [-0.25, -0.2) is 0 Å². The maximum Gasteiger partial charge on any atom is 0.201 e. The summed E-state index contributed by atoms with van der Waals surface area (Å²) < 4.78 is 11.2. The van der Waals surface area contributed by atoms with Crippen molar-refractivity contribution >= 4 is 0 Å². The Morgan fingerprint density at radius 3 is 1.71 bits per heavy atom. The molecule has 2 heteroatoms. The van der Waals surface area contributed by atoms with Gasteiger partial charge >= 0.3 is 0 Å². The molecule has 1 aromatic carbocycles. The van der Waals surface area contributed by atoms with Crippen molar-refractivity contribution in [2.24, 2.45) is 17.3 Å². The lowest BCUT2D eigenvalue weighted by molar-refractivity contribution is -0.0833. The highest BCUT2D eigenvalue weighted by molar-refractivity contribution is 5.30. The summed E-state index contributed by atoms with van der Waals surface area (Å²) in [6, 6.07) is 8.51. The lowest BCUT2D eigenvalue weighted by Crippen LogP contribution is -2.25. The zero-order chi connectivity index (χ0) is 16.2. The first-order valence-corrected chi connectivity index (χ1v) is 7.96. The SMILES string of the molecule is COC(Oc1ccc(C(C(C)C)C(C)(C)C)cc1)C(C)C. The Morgan fingerprint density at radius 2 is 1.38 bits per heavy atom. The van der Waals surface area contributed by atoms with E-state index in [2.05, 4.69) is 72.7 Å². The van der Waals surface area contributed by atoms with Gasteiger partial charge in [0.05, 0.1) is 0 Å². The predicted octanol–water partition coefficient (Wildman–Crippen LogP) is 5.48. The van der Waals surface area contributed by atoms with Crippen molar-refractivity contribution in [2.75, 3.05) is 7.11 Å². The Kier molecular flexibility index (Phi) is 6.27. The molecule has 0 aliphatic heterocycles. The van der Waals surface area contributed by atoms with Gasteiger partial charge in [-0.3, -0.25) is 0 Å². The number of hydrogen-bond donors (Lipinski definition) is 0. The molecular weight excluding hydrogens is 260 g/mol. The van der Waals surface area contributed by atoms with E-state index in [-0.39, 0.29) is 11.7 Å². The Balaban J connectivity index is 2.91. The van der Waals surface area contributed by atoms with Crippen LogP contribution in [0.3, 0.4) is 0 Å².